The van der Waals surface area contributed by atoms with Crippen LogP contribution in [0.15, 0.2) is 40.4 Å². The highest BCUT2D eigenvalue weighted by molar-refractivity contribution is 9.12. The van der Waals surface area contributed by atoms with Crippen molar-refractivity contribution in [1.82, 2.24) is 0 Å². The van der Waals surface area contributed by atoms with Gasteiger partial charge >= 0.3 is 5.97 Å². The Morgan fingerprint density at radius 2 is 1.81 bits per heavy atom. The zero-order chi connectivity index (χ0) is 15.8. The number of Topliss-reactive ketones (excluding diaryl/α,β-unsaturated/α-hetero) is 2. The van der Waals surface area contributed by atoms with Crippen LogP contribution < -0.4 is 0 Å². The maximum atomic E-state index is 12.3. The second kappa shape index (κ2) is 5.85. The second-order valence-corrected chi connectivity index (χ2v) is 7.30. The van der Waals surface area contributed by atoms with E-state index >= 15 is 0 Å². The Kier molecular flexibility index (Phi) is 4.49. The van der Waals surface area contributed by atoms with E-state index in [4.69, 9.17) is 4.74 Å². The number of ketones is 2. The molecule has 2 atom stereocenters. The molecule has 0 radical (unpaired) electrons. The first-order valence-electron chi connectivity index (χ1n) is 6.17. The van der Waals surface area contributed by atoms with Crippen molar-refractivity contribution < 1.29 is 19.1 Å². The summed E-state index contributed by atoms with van der Waals surface area (Å²) in [6, 6.07) is 8.33. The summed E-state index contributed by atoms with van der Waals surface area (Å²) in [5, 5.41) is 0. The van der Waals surface area contributed by atoms with Crippen molar-refractivity contribution in [2.75, 3.05) is 0 Å². The number of benzene rings is 1. The van der Waals surface area contributed by atoms with Gasteiger partial charge < -0.3 is 4.74 Å². The molecule has 21 heavy (non-hydrogen) atoms. The number of allylic oxidation sites excluding steroid dienone is 1. The number of carbonyl (C=O) groups excluding carboxylic acids is 3. The normalized spacial score (nSPS) is 26.0. The largest absolute Gasteiger partial charge is 0.448 e. The molecule has 1 aromatic rings. The molecule has 4 nitrogen and oxygen atoms in total. The van der Waals surface area contributed by atoms with Crippen molar-refractivity contribution in [2.45, 2.75) is 24.3 Å². The van der Waals surface area contributed by atoms with Crippen LogP contribution in [-0.4, -0.2) is 28.0 Å². The van der Waals surface area contributed by atoms with Gasteiger partial charge in [-0.3, -0.25) is 9.59 Å². The minimum Gasteiger partial charge on any atom is -0.448 e. The number of carbonyl (C=O) groups is 3. The summed E-state index contributed by atoms with van der Waals surface area (Å²) in [6.45, 7) is 3.04. The van der Waals surface area contributed by atoms with Crippen LogP contribution in [0.2, 0.25) is 0 Å². The Labute approximate surface area is 138 Å². The molecule has 110 valence electrons. The smallest absolute Gasteiger partial charge is 0.338 e. The zero-order valence-electron chi connectivity index (χ0n) is 11.4. The summed E-state index contributed by atoms with van der Waals surface area (Å²) in [7, 11) is 0. The van der Waals surface area contributed by atoms with Gasteiger partial charge in [0.15, 0.2) is 11.9 Å². The Morgan fingerprint density at radius 3 is 2.38 bits per heavy atom. The van der Waals surface area contributed by atoms with Gasteiger partial charge in [0, 0.05) is 5.57 Å². The standard InChI is InChI=1S/C15H12Br2O4/c1-8-10(16)12(19)15(2,17)13(11(8)18)21-14(20)9-6-4-3-5-7-9/h3-7,13H,1-2H3. The summed E-state index contributed by atoms with van der Waals surface area (Å²) >= 11 is 6.33. The molecule has 2 rings (SSSR count). The Morgan fingerprint density at radius 1 is 1.24 bits per heavy atom. The fourth-order valence-electron chi connectivity index (χ4n) is 1.97. The lowest BCUT2D eigenvalue weighted by atomic mass is 9.86. The van der Waals surface area contributed by atoms with Crippen molar-refractivity contribution in [3.8, 4) is 0 Å². The lowest BCUT2D eigenvalue weighted by Gasteiger charge is -2.33. The van der Waals surface area contributed by atoms with Gasteiger partial charge in [-0.15, -0.1) is 0 Å². The van der Waals surface area contributed by atoms with E-state index in [-0.39, 0.29) is 15.8 Å². The van der Waals surface area contributed by atoms with Crippen LogP contribution in [-0.2, 0) is 14.3 Å². The quantitative estimate of drug-likeness (QED) is 0.549. The summed E-state index contributed by atoms with van der Waals surface area (Å²) in [4.78, 5) is 36.7. The maximum Gasteiger partial charge on any atom is 0.338 e. The first-order valence-corrected chi connectivity index (χ1v) is 7.75. The Balaban J connectivity index is 2.33. The van der Waals surface area contributed by atoms with Crippen molar-refractivity contribution in [1.29, 1.82) is 0 Å². The van der Waals surface area contributed by atoms with Gasteiger partial charge in [-0.25, -0.2) is 4.79 Å². The molecule has 0 amide bonds. The molecule has 0 bridgehead atoms. The van der Waals surface area contributed by atoms with Gasteiger partial charge in [0.2, 0.25) is 5.78 Å². The predicted octanol–water partition coefficient (Wildman–Crippen LogP) is 3.19. The number of hydrogen-bond acceptors (Lipinski definition) is 4. The fourth-order valence-corrected chi connectivity index (χ4v) is 3.34. The average molecular weight is 416 g/mol. The van der Waals surface area contributed by atoms with Gasteiger partial charge in [0.25, 0.3) is 0 Å². The highest BCUT2D eigenvalue weighted by atomic mass is 79.9. The van der Waals surface area contributed by atoms with E-state index < -0.39 is 22.2 Å². The molecule has 1 aliphatic carbocycles. The maximum absolute atomic E-state index is 12.3. The van der Waals surface area contributed by atoms with Crippen LogP contribution in [0.1, 0.15) is 24.2 Å². The molecule has 1 aliphatic rings. The van der Waals surface area contributed by atoms with Crippen molar-refractivity contribution in [2.24, 2.45) is 0 Å². The minimum absolute atomic E-state index is 0.207. The summed E-state index contributed by atoms with van der Waals surface area (Å²) in [5.41, 5.74) is 0.579. The SMILES string of the molecule is CC1=C(Br)C(=O)C(C)(Br)C(OC(=O)c2ccccc2)C1=O. The number of rotatable bonds is 2. The van der Waals surface area contributed by atoms with Crippen LogP contribution in [0, 0.1) is 0 Å². The number of ether oxygens (including phenoxy) is 1. The summed E-state index contributed by atoms with van der Waals surface area (Å²) in [6.07, 6.45) is -1.20. The molecule has 6 heteroatoms. The summed E-state index contributed by atoms with van der Waals surface area (Å²) < 4.78 is 4.21. The van der Waals surface area contributed by atoms with E-state index in [1.807, 2.05) is 0 Å². The van der Waals surface area contributed by atoms with E-state index in [1.54, 1.807) is 30.3 Å². The second-order valence-electron chi connectivity index (χ2n) is 4.86. The molecule has 0 aliphatic heterocycles. The van der Waals surface area contributed by atoms with E-state index in [9.17, 15) is 14.4 Å². The number of esters is 1. The monoisotopic (exact) mass is 414 g/mol. The molecule has 0 aromatic heterocycles. The van der Waals surface area contributed by atoms with Crippen molar-refractivity contribution >= 4 is 49.4 Å². The number of halogens is 2. The zero-order valence-corrected chi connectivity index (χ0v) is 14.5. The molecule has 0 saturated carbocycles. The van der Waals surface area contributed by atoms with Crippen molar-refractivity contribution in [3.05, 3.63) is 46.0 Å². The molecule has 0 saturated heterocycles. The number of hydrogen-bond donors (Lipinski definition) is 0. The molecule has 0 N–H and O–H groups in total. The molecule has 0 heterocycles. The van der Waals surface area contributed by atoms with Crippen LogP contribution in [0.4, 0.5) is 0 Å². The number of alkyl halides is 1. The third-order valence-corrected chi connectivity index (χ3v) is 5.04. The lowest BCUT2D eigenvalue weighted by molar-refractivity contribution is -0.132. The highest BCUT2D eigenvalue weighted by Gasteiger charge is 2.51. The molecular formula is C15H12Br2O4. The van der Waals surface area contributed by atoms with Crippen LogP contribution in [0.3, 0.4) is 0 Å². The first-order chi connectivity index (χ1) is 9.76. The van der Waals surface area contributed by atoms with E-state index in [1.165, 1.54) is 13.8 Å². The Hall–Kier alpha value is -1.27. The Bertz CT molecular complexity index is 647. The third kappa shape index (κ3) is 2.87. The topological polar surface area (TPSA) is 60.4 Å². The van der Waals surface area contributed by atoms with Gasteiger partial charge in [-0.1, -0.05) is 34.1 Å². The lowest BCUT2D eigenvalue weighted by Crippen LogP contribution is -2.52. The average Bonchev–Trinajstić information content (AvgIpc) is 2.48. The van der Waals surface area contributed by atoms with Crippen molar-refractivity contribution in [3.63, 3.8) is 0 Å². The van der Waals surface area contributed by atoms with Gasteiger partial charge in [-0.2, -0.15) is 0 Å². The molecule has 0 fully saturated rings. The highest BCUT2D eigenvalue weighted by Crippen LogP contribution is 2.38. The van der Waals surface area contributed by atoms with Crippen LogP contribution in [0.25, 0.3) is 0 Å². The minimum atomic E-state index is -1.28. The van der Waals surface area contributed by atoms with Gasteiger partial charge in [0.05, 0.1) is 10.0 Å². The van der Waals surface area contributed by atoms with Gasteiger partial charge in [0.1, 0.15) is 4.32 Å². The van der Waals surface area contributed by atoms with E-state index in [2.05, 4.69) is 31.9 Å². The molecule has 0 spiro atoms. The molecule has 2 unspecified atom stereocenters. The van der Waals surface area contributed by atoms with Gasteiger partial charge in [-0.05, 0) is 41.9 Å². The third-order valence-electron chi connectivity index (χ3n) is 3.31. The molecule has 1 aromatic carbocycles. The molecular weight excluding hydrogens is 404 g/mol. The predicted molar refractivity (Wildman–Crippen MR) is 84.6 cm³/mol. The van der Waals surface area contributed by atoms with E-state index in [0.29, 0.717) is 5.56 Å². The van der Waals surface area contributed by atoms with Crippen LogP contribution >= 0.6 is 31.9 Å². The fraction of sp³-hybridized carbons (Fsp3) is 0.267. The van der Waals surface area contributed by atoms with Crippen LogP contribution in [0.5, 0.6) is 0 Å². The first kappa shape index (κ1) is 16.1. The summed E-state index contributed by atoms with van der Waals surface area (Å²) in [5.74, 6) is -1.37. The van der Waals surface area contributed by atoms with E-state index in [0.717, 1.165) is 0 Å².